The van der Waals surface area contributed by atoms with Crippen LogP contribution in [0.1, 0.15) is 27.9 Å². The molecule has 1 aliphatic heterocycles. The maximum Gasteiger partial charge on any atom is 0.255 e. The average molecular weight is 440 g/mol. The first-order valence-electron chi connectivity index (χ1n) is 10.0. The molecule has 3 aromatic rings. The number of nitrogens with zero attached hydrogens (tertiary/aromatic N) is 2. The Labute approximate surface area is 181 Å². The maximum absolute atomic E-state index is 13.4. The Hall–Kier alpha value is -2.97. The first-order chi connectivity index (χ1) is 14.7. The van der Waals surface area contributed by atoms with Crippen molar-refractivity contribution in [1.29, 1.82) is 0 Å². The van der Waals surface area contributed by atoms with Gasteiger partial charge in [-0.15, -0.1) is 0 Å². The number of H-pyrrole nitrogens is 1. The van der Waals surface area contributed by atoms with Crippen molar-refractivity contribution in [2.45, 2.75) is 38.6 Å². The number of rotatable bonds is 4. The third-order valence-electron chi connectivity index (χ3n) is 5.60. The fraction of sp³-hybridized carbons (Fsp3) is 0.304. The van der Waals surface area contributed by atoms with E-state index in [1.807, 2.05) is 31.2 Å². The Kier molecular flexibility index (Phi) is 5.45. The lowest BCUT2D eigenvalue weighted by molar-refractivity contribution is 0.385. The summed E-state index contributed by atoms with van der Waals surface area (Å²) in [6.45, 7) is 5.84. The highest BCUT2D eigenvalue weighted by Crippen LogP contribution is 2.29. The third kappa shape index (κ3) is 3.88. The molecular weight excluding hydrogens is 414 g/mol. The molecule has 0 unspecified atom stereocenters. The minimum absolute atomic E-state index is 0.00957. The van der Waals surface area contributed by atoms with Crippen LogP contribution in [0, 0.1) is 20.8 Å². The number of fused-ring (bicyclic) bond motifs is 1. The average Bonchev–Trinajstić information content (AvgIpc) is 2.72. The molecule has 0 saturated carbocycles. The second-order valence-electron chi connectivity index (χ2n) is 7.88. The number of aromatic amines is 1. The van der Waals surface area contributed by atoms with Gasteiger partial charge in [0.2, 0.25) is 10.0 Å². The van der Waals surface area contributed by atoms with E-state index in [9.17, 15) is 13.2 Å². The number of hydrogen-bond donors (Lipinski definition) is 1. The van der Waals surface area contributed by atoms with E-state index in [-0.39, 0.29) is 18.6 Å². The first kappa shape index (κ1) is 21.3. The molecule has 1 N–H and O–H groups in total. The van der Waals surface area contributed by atoms with E-state index in [2.05, 4.69) is 9.97 Å². The molecule has 162 valence electrons. The summed E-state index contributed by atoms with van der Waals surface area (Å²) in [5.41, 5.74) is 3.93. The van der Waals surface area contributed by atoms with Crippen LogP contribution in [0.25, 0.3) is 11.4 Å². The first-order valence-corrected chi connectivity index (χ1v) is 11.5. The van der Waals surface area contributed by atoms with E-state index in [1.165, 1.54) is 4.31 Å². The highest BCUT2D eigenvalue weighted by molar-refractivity contribution is 7.89. The highest BCUT2D eigenvalue weighted by Gasteiger charge is 2.32. The zero-order valence-corrected chi connectivity index (χ0v) is 18.8. The Morgan fingerprint density at radius 3 is 2.32 bits per heavy atom. The molecule has 0 radical (unpaired) electrons. The number of hydrogen-bond acceptors (Lipinski definition) is 5. The minimum atomic E-state index is -3.73. The van der Waals surface area contributed by atoms with Crippen molar-refractivity contribution in [1.82, 2.24) is 14.3 Å². The number of nitrogens with one attached hydrogen (secondary N) is 1. The summed E-state index contributed by atoms with van der Waals surface area (Å²) in [4.78, 5) is 20.6. The largest absolute Gasteiger partial charge is 0.497 e. The molecule has 0 spiro atoms. The standard InChI is InChI=1S/C23H25N3O4S/c1-14-11-15(2)21(16(3)12-14)31(28,29)26-10-9-20-19(13-26)23(27)25-22(24-20)17-5-7-18(30-4)8-6-17/h5-8,11-12H,9-10,13H2,1-4H3,(H,24,25,27). The molecule has 0 amide bonds. The van der Waals surface area contributed by atoms with Gasteiger partial charge in [-0.05, 0) is 56.2 Å². The minimum Gasteiger partial charge on any atom is -0.497 e. The van der Waals surface area contributed by atoms with Crippen LogP contribution >= 0.6 is 0 Å². The second-order valence-corrected chi connectivity index (χ2v) is 9.76. The predicted molar refractivity (Wildman–Crippen MR) is 119 cm³/mol. The number of ether oxygens (including phenoxy) is 1. The summed E-state index contributed by atoms with van der Waals surface area (Å²) in [7, 11) is -2.14. The summed E-state index contributed by atoms with van der Waals surface area (Å²) >= 11 is 0. The highest BCUT2D eigenvalue weighted by atomic mass is 32.2. The van der Waals surface area contributed by atoms with Gasteiger partial charge < -0.3 is 9.72 Å². The van der Waals surface area contributed by atoms with E-state index in [0.29, 0.717) is 45.3 Å². The summed E-state index contributed by atoms with van der Waals surface area (Å²) in [5.74, 6) is 1.18. The molecule has 7 nitrogen and oxygen atoms in total. The van der Waals surface area contributed by atoms with Gasteiger partial charge >= 0.3 is 0 Å². The molecular formula is C23H25N3O4S. The van der Waals surface area contributed by atoms with Crippen molar-refractivity contribution in [2.75, 3.05) is 13.7 Å². The number of aryl methyl sites for hydroxylation is 3. The van der Waals surface area contributed by atoms with Crippen molar-refractivity contribution in [3.05, 3.63) is 74.7 Å². The molecule has 0 fully saturated rings. The maximum atomic E-state index is 13.4. The van der Waals surface area contributed by atoms with Crippen LogP contribution in [0.5, 0.6) is 5.75 Å². The zero-order chi connectivity index (χ0) is 22.3. The van der Waals surface area contributed by atoms with E-state index in [4.69, 9.17) is 4.74 Å². The van der Waals surface area contributed by atoms with Crippen molar-refractivity contribution in [2.24, 2.45) is 0 Å². The number of methoxy groups -OCH3 is 1. The van der Waals surface area contributed by atoms with Gasteiger partial charge in [0.15, 0.2) is 0 Å². The molecule has 1 aliphatic rings. The smallest absolute Gasteiger partial charge is 0.255 e. The van der Waals surface area contributed by atoms with Crippen molar-refractivity contribution in [3.8, 4) is 17.1 Å². The fourth-order valence-electron chi connectivity index (χ4n) is 4.19. The topological polar surface area (TPSA) is 92.4 Å². The van der Waals surface area contributed by atoms with E-state index >= 15 is 0 Å². The predicted octanol–water partition coefficient (Wildman–Crippen LogP) is 3.12. The molecule has 1 aromatic heterocycles. The van der Waals surface area contributed by atoms with Gasteiger partial charge in [-0.1, -0.05) is 17.7 Å². The molecule has 2 heterocycles. The Morgan fingerprint density at radius 1 is 1.06 bits per heavy atom. The van der Waals surface area contributed by atoms with Crippen LogP contribution in [0.15, 0.2) is 46.1 Å². The molecule has 0 bridgehead atoms. The number of sulfonamides is 1. The molecule has 0 atom stereocenters. The van der Waals surface area contributed by atoms with Gasteiger partial charge in [0.25, 0.3) is 5.56 Å². The van der Waals surface area contributed by atoms with Gasteiger partial charge in [0, 0.05) is 25.1 Å². The monoisotopic (exact) mass is 439 g/mol. The van der Waals surface area contributed by atoms with Crippen molar-refractivity contribution >= 4 is 10.0 Å². The lowest BCUT2D eigenvalue weighted by atomic mass is 10.1. The molecule has 0 saturated heterocycles. The Morgan fingerprint density at radius 2 is 1.71 bits per heavy atom. The SMILES string of the molecule is COc1ccc(-c2nc3c(c(=O)[nH]2)CN(S(=O)(=O)c2c(C)cc(C)cc2C)CC3)cc1. The van der Waals surface area contributed by atoms with E-state index < -0.39 is 10.0 Å². The lowest BCUT2D eigenvalue weighted by Gasteiger charge is -2.28. The third-order valence-corrected chi connectivity index (χ3v) is 7.75. The van der Waals surface area contributed by atoms with Crippen LogP contribution in [-0.2, 0) is 23.0 Å². The zero-order valence-electron chi connectivity index (χ0n) is 18.0. The fourth-order valence-corrected chi connectivity index (χ4v) is 6.01. The number of benzene rings is 2. The van der Waals surface area contributed by atoms with Gasteiger partial charge in [0.05, 0.1) is 23.3 Å². The molecule has 31 heavy (non-hydrogen) atoms. The molecule has 0 aliphatic carbocycles. The van der Waals surface area contributed by atoms with Crippen molar-refractivity contribution < 1.29 is 13.2 Å². The van der Waals surface area contributed by atoms with Crippen LogP contribution < -0.4 is 10.3 Å². The van der Waals surface area contributed by atoms with E-state index in [0.717, 1.165) is 11.1 Å². The Balaban J connectivity index is 1.68. The summed E-state index contributed by atoms with van der Waals surface area (Å²) in [6.07, 6.45) is 0.381. The van der Waals surface area contributed by atoms with Gasteiger partial charge in [-0.25, -0.2) is 13.4 Å². The van der Waals surface area contributed by atoms with Crippen LogP contribution in [0.4, 0.5) is 0 Å². The van der Waals surface area contributed by atoms with Gasteiger partial charge in [-0.2, -0.15) is 4.31 Å². The quantitative estimate of drug-likeness (QED) is 0.674. The van der Waals surface area contributed by atoms with Crippen LogP contribution in [0.3, 0.4) is 0 Å². The second kappa shape index (κ2) is 7.94. The Bertz CT molecular complexity index is 1290. The summed E-state index contributed by atoms with van der Waals surface area (Å²) < 4.78 is 33.3. The summed E-state index contributed by atoms with van der Waals surface area (Å²) in [5, 5.41) is 0. The lowest BCUT2D eigenvalue weighted by Crippen LogP contribution is -2.40. The van der Waals surface area contributed by atoms with Crippen LogP contribution in [0.2, 0.25) is 0 Å². The van der Waals surface area contributed by atoms with Gasteiger partial charge in [0.1, 0.15) is 11.6 Å². The van der Waals surface area contributed by atoms with Gasteiger partial charge in [-0.3, -0.25) is 4.79 Å². The van der Waals surface area contributed by atoms with Crippen molar-refractivity contribution in [3.63, 3.8) is 0 Å². The van der Waals surface area contributed by atoms with E-state index in [1.54, 1.807) is 33.1 Å². The normalized spacial score (nSPS) is 14.3. The molecule has 8 heteroatoms. The number of aromatic nitrogens is 2. The molecule has 4 rings (SSSR count). The molecule has 2 aromatic carbocycles. The summed E-state index contributed by atoms with van der Waals surface area (Å²) in [6, 6.07) is 11.0. The van der Waals surface area contributed by atoms with Crippen LogP contribution in [-0.4, -0.2) is 36.3 Å².